The highest BCUT2D eigenvalue weighted by Crippen LogP contribution is 2.45. The number of ketones is 1. The third-order valence-electron chi connectivity index (χ3n) is 12.9. The number of aliphatic imine (C=N–C) groups is 1. The maximum atomic E-state index is 12.9. The van der Waals surface area contributed by atoms with Gasteiger partial charge in [0.2, 0.25) is 5.78 Å². The van der Waals surface area contributed by atoms with Crippen LogP contribution in [0.1, 0.15) is 103 Å². The van der Waals surface area contributed by atoms with Crippen LogP contribution >= 0.6 is 0 Å². The molecule has 350 valence electrons. The molecule has 8 bridgehead atoms. The van der Waals surface area contributed by atoms with E-state index in [-0.39, 0.29) is 71.3 Å². The smallest absolute Gasteiger partial charge is 0.270 e. The zero-order chi connectivity index (χ0) is 49.2. The first-order valence-electron chi connectivity index (χ1n) is 22.9. The fraction of sp³-hybridized carbons (Fsp3) is 0.179. The van der Waals surface area contributed by atoms with Gasteiger partial charge in [-0.3, -0.25) is 29.0 Å². The summed E-state index contributed by atoms with van der Waals surface area (Å²) in [6, 6.07) is 40.3. The molecule has 2 aromatic heterocycles. The standard InChI is InChI=1S/C30H26N6O4.C26H24N2O2/c37-27-23-3-1-4-24(35-23)28(38)32-16-20-9-13-22(14-10-20)18-34-30(40)26-6-2-5-25(36-26)29(39)33-17-21-11-7-19(8-12-21)15-31-27;1-25(2)17-9-5-7-11-19(17)27-21(25)13-15-23(29)16(24(15)30)14-22-26(3,4)18-10-6-8-12-20(18)28-22/h1-14H,15-18H2,(H,31,37)(H,32,38)(H,33,39)(H,34,40);5-14,27,29H,1-4H3/b;16-14+,21-13+. The minimum Gasteiger partial charge on any atom is -0.506 e. The molecule has 6 aromatic rings. The van der Waals surface area contributed by atoms with Gasteiger partial charge in [0.1, 0.15) is 28.5 Å². The largest absolute Gasteiger partial charge is 0.506 e. The molecule has 8 heterocycles. The summed E-state index contributed by atoms with van der Waals surface area (Å²) in [5.41, 5.74) is 10.0. The molecule has 6 N–H and O–H groups in total. The van der Waals surface area contributed by atoms with Gasteiger partial charge in [-0.1, -0.05) is 125 Å². The molecule has 0 fully saturated rings. The zero-order valence-electron chi connectivity index (χ0n) is 39.0. The quantitative estimate of drug-likeness (QED) is 0.0926. The Kier molecular flexibility index (Phi) is 12.6. The van der Waals surface area contributed by atoms with Crippen molar-refractivity contribution in [3.05, 3.63) is 224 Å². The van der Waals surface area contributed by atoms with E-state index >= 15 is 0 Å². The molecule has 6 aliphatic heterocycles. The number of aliphatic hydroxyl groups is 1. The lowest BCUT2D eigenvalue weighted by molar-refractivity contribution is -0.113. The number of fused-ring (bicyclic) bond motifs is 2. The van der Waals surface area contributed by atoms with Crippen LogP contribution in [0.15, 0.2) is 173 Å². The number of carbonyl (C=O) groups is 5. The predicted octanol–water partition coefficient (Wildman–Crippen LogP) is 8.17. The van der Waals surface area contributed by atoms with Gasteiger partial charge < -0.3 is 31.7 Å². The summed E-state index contributed by atoms with van der Waals surface area (Å²) in [5.74, 6) is -1.71. The molecular weight excluding hydrogens is 881 g/mol. The number of rotatable bonds is 2. The van der Waals surface area contributed by atoms with Crippen molar-refractivity contribution < 1.29 is 29.1 Å². The molecule has 13 rings (SSSR count). The Balaban J connectivity index is 0.000000181. The number of anilines is 1. The third kappa shape index (κ3) is 9.52. The Morgan fingerprint density at radius 3 is 1.31 bits per heavy atom. The van der Waals surface area contributed by atoms with Crippen molar-refractivity contribution in [2.45, 2.75) is 64.7 Å². The van der Waals surface area contributed by atoms with Crippen LogP contribution in [0.3, 0.4) is 0 Å². The number of amides is 4. The van der Waals surface area contributed by atoms with E-state index in [4.69, 9.17) is 4.99 Å². The van der Waals surface area contributed by atoms with Crippen molar-refractivity contribution in [3.8, 4) is 0 Å². The van der Waals surface area contributed by atoms with Crippen LogP contribution in [-0.2, 0) is 41.8 Å². The lowest BCUT2D eigenvalue weighted by Gasteiger charge is -2.25. The van der Waals surface area contributed by atoms with Crippen molar-refractivity contribution in [1.29, 1.82) is 0 Å². The molecule has 0 atom stereocenters. The van der Waals surface area contributed by atoms with Crippen LogP contribution < -0.4 is 26.6 Å². The molecule has 4 aromatic carbocycles. The molecular formula is C56H50N8O6. The Morgan fingerprint density at radius 2 is 0.900 bits per heavy atom. The van der Waals surface area contributed by atoms with E-state index in [9.17, 15) is 29.1 Å². The monoisotopic (exact) mass is 930 g/mol. The van der Waals surface area contributed by atoms with Gasteiger partial charge in [-0.25, -0.2) is 9.97 Å². The molecule has 70 heavy (non-hydrogen) atoms. The summed E-state index contributed by atoms with van der Waals surface area (Å²) in [5, 5.41) is 25.3. The Labute approximate surface area is 404 Å². The highest BCUT2D eigenvalue weighted by Gasteiger charge is 2.40. The van der Waals surface area contributed by atoms with Crippen molar-refractivity contribution in [2.75, 3.05) is 5.32 Å². The van der Waals surface area contributed by atoms with E-state index in [2.05, 4.69) is 76.4 Å². The molecule has 0 radical (unpaired) electrons. The average molecular weight is 931 g/mol. The van der Waals surface area contributed by atoms with E-state index in [0.29, 0.717) is 11.1 Å². The normalized spacial score (nSPS) is 18.3. The molecule has 4 amide bonds. The van der Waals surface area contributed by atoms with Crippen LogP contribution in [0.25, 0.3) is 0 Å². The number of carbonyl (C=O) groups excluding carboxylic acids is 5. The minimum absolute atomic E-state index is 0.0375. The highest BCUT2D eigenvalue weighted by molar-refractivity contribution is 6.25. The van der Waals surface area contributed by atoms with Crippen molar-refractivity contribution in [1.82, 2.24) is 31.2 Å². The van der Waals surface area contributed by atoms with Crippen molar-refractivity contribution in [2.24, 2.45) is 4.99 Å². The Bertz CT molecular complexity index is 3010. The number of allylic oxidation sites excluding steroid dienone is 5. The topological polar surface area (TPSA) is 204 Å². The highest BCUT2D eigenvalue weighted by atomic mass is 16.3. The number of nitrogens with one attached hydrogen (secondary N) is 5. The van der Waals surface area contributed by atoms with Gasteiger partial charge in [-0.2, -0.15) is 0 Å². The number of hydrogen-bond donors (Lipinski definition) is 6. The Hall–Kier alpha value is -8.78. The van der Waals surface area contributed by atoms with Gasteiger partial charge in [-0.15, -0.1) is 0 Å². The van der Waals surface area contributed by atoms with Crippen LogP contribution in [0, 0.1) is 0 Å². The van der Waals surface area contributed by atoms with Crippen LogP contribution in [0.4, 0.5) is 11.4 Å². The lowest BCUT2D eigenvalue weighted by Crippen LogP contribution is -2.28. The third-order valence-corrected chi connectivity index (χ3v) is 12.9. The predicted molar refractivity (Wildman–Crippen MR) is 267 cm³/mol. The molecule has 7 aliphatic rings. The molecule has 14 nitrogen and oxygen atoms in total. The van der Waals surface area contributed by atoms with Crippen LogP contribution in [0.5, 0.6) is 0 Å². The maximum Gasteiger partial charge on any atom is 0.270 e. The Morgan fingerprint density at radius 1 is 0.486 bits per heavy atom. The van der Waals surface area contributed by atoms with Gasteiger partial charge in [0, 0.05) is 48.4 Å². The molecule has 0 unspecified atom stereocenters. The first-order valence-corrected chi connectivity index (χ1v) is 22.9. The number of para-hydroxylation sites is 2. The van der Waals surface area contributed by atoms with Gasteiger partial charge in [0.15, 0.2) is 0 Å². The second-order valence-electron chi connectivity index (χ2n) is 18.3. The van der Waals surface area contributed by atoms with Crippen LogP contribution in [-0.4, -0.2) is 50.2 Å². The van der Waals surface area contributed by atoms with Gasteiger partial charge in [-0.05, 0) is 81.9 Å². The first-order chi connectivity index (χ1) is 33.6. The number of benzene rings is 4. The summed E-state index contributed by atoms with van der Waals surface area (Å²) >= 11 is 0. The van der Waals surface area contributed by atoms with Crippen LogP contribution in [0.2, 0.25) is 0 Å². The summed E-state index contributed by atoms with van der Waals surface area (Å²) in [7, 11) is 0. The maximum absolute atomic E-state index is 12.9. The van der Waals surface area contributed by atoms with Gasteiger partial charge in [0.05, 0.1) is 22.5 Å². The SMILES string of the molecule is CC1(C)C(/C=C2/C(=O)C(/C=C3/Nc4ccccc4C3(C)C)=C2O)=Nc2ccccc21.O=C1NCc2ccc(cc2)CNC(=O)c2cccc(n2)C(=O)NCc2ccc(cc2)CNC(=O)c2cccc1n2. The van der Waals surface area contributed by atoms with E-state index in [0.717, 1.165) is 50.6 Å². The second-order valence-corrected chi connectivity index (χ2v) is 18.3. The molecule has 0 saturated carbocycles. The number of pyridine rings is 2. The van der Waals surface area contributed by atoms with E-state index < -0.39 is 23.6 Å². The van der Waals surface area contributed by atoms with E-state index in [1.807, 2.05) is 84.9 Å². The summed E-state index contributed by atoms with van der Waals surface area (Å²) in [6.07, 6.45) is 3.52. The molecule has 0 spiro atoms. The van der Waals surface area contributed by atoms with Crippen molar-refractivity contribution in [3.63, 3.8) is 0 Å². The zero-order valence-corrected chi connectivity index (χ0v) is 39.0. The first kappa shape index (κ1) is 46.3. The number of hydrogen-bond acceptors (Lipinski definition) is 10. The molecule has 0 saturated heterocycles. The van der Waals surface area contributed by atoms with Gasteiger partial charge in [0.25, 0.3) is 23.6 Å². The number of nitrogens with zero attached hydrogens (tertiary/aromatic N) is 3. The van der Waals surface area contributed by atoms with Gasteiger partial charge >= 0.3 is 0 Å². The van der Waals surface area contributed by atoms with E-state index in [1.54, 1.807) is 48.6 Å². The summed E-state index contributed by atoms with van der Waals surface area (Å²) in [6.45, 7) is 9.45. The number of aliphatic hydroxyl groups excluding tert-OH is 1. The second kappa shape index (κ2) is 19.1. The summed E-state index contributed by atoms with van der Waals surface area (Å²) in [4.78, 5) is 76.7. The minimum atomic E-state index is -0.398. The summed E-state index contributed by atoms with van der Waals surface area (Å²) < 4.78 is 0. The number of Topliss-reactive ketones (excluding diaryl/α,β-unsaturated/α-hetero) is 1. The van der Waals surface area contributed by atoms with E-state index in [1.165, 1.54) is 5.56 Å². The number of aromatic nitrogens is 2. The average Bonchev–Trinajstić information content (AvgIpc) is 3.80. The molecule has 14 heteroatoms. The van der Waals surface area contributed by atoms with Crippen molar-refractivity contribution >= 4 is 46.5 Å². The fourth-order valence-electron chi connectivity index (χ4n) is 8.53. The lowest BCUT2D eigenvalue weighted by atomic mass is 9.77. The molecule has 1 aliphatic carbocycles. The fourth-order valence-corrected chi connectivity index (χ4v) is 8.53.